The molecule has 1 saturated carbocycles. The number of hydrogen-bond donors (Lipinski definition) is 1. The summed E-state index contributed by atoms with van der Waals surface area (Å²) in [6.45, 7) is 2.15. The average molecular weight is 166 g/mol. The highest BCUT2D eigenvalue weighted by Gasteiger charge is 2.32. The second-order valence-corrected chi connectivity index (χ2v) is 3.32. The third kappa shape index (κ3) is 1.40. The van der Waals surface area contributed by atoms with Crippen LogP contribution in [0.4, 0.5) is 10.1 Å². The summed E-state index contributed by atoms with van der Waals surface area (Å²) < 4.78 is 13.0. The number of rotatable bonds is 2. The molecule has 1 N–H and O–H groups in total. The number of nitrogens with one attached hydrogen (secondary N) is 1. The first kappa shape index (κ1) is 7.53. The molecule has 1 aromatic rings. The Morgan fingerprint density at radius 2 is 2.42 bits per heavy atom. The van der Waals surface area contributed by atoms with E-state index in [1.807, 2.05) is 0 Å². The highest BCUT2D eigenvalue weighted by atomic mass is 19.1. The van der Waals surface area contributed by atoms with Gasteiger partial charge in [-0.05, 0) is 18.4 Å². The third-order valence-electron chi connectivity index (χ3n) is 2.22. The van der Waals surface area contributed by atoms with Crippen molar-refractivity contribution < 1.29 is 4.39 Å². The molecule has 0 bridgehead atoms. The minimum Gasteiger partial charge on any atom is -0.380 e. The van der Waals surface area contributed by atoms with E-state index < -0.39 is 0 Å². The van der Waals surface area contributed by atoms with Gasteiger partial charge in [-0.2, -0.15) is 0 Å². The maximum absolute atomic E-state index is 13.0. The molecule has 0 radical (unpaired) electrons. The van der Waals surface area contributed by atoms with Crippen LogP contribution in [0.2, 0.25) is 0 Å². The van der Waals surface area contributed by atoms with Crippen LogP contribution < -0.4 is 5.32 Å². The van der Waals surface area contributed by atoms with Crippen LogP contribution in [0.15, 0.2) is 18.5 Å². The number of pyridine rings is 1. The normalized spacial score (nSPS) is 26.8. The molecule has 1 aromatic heterocycles. The zero-order valence-corrected chi connectivity index (χ0v) is 6.92. The van der Waals surface area contributed by atoms with Crippen molar-refractivity contribution in [1.29, 1.82) is 0 Å². The van der Waals surface area contributed by atoms with Crippen LogP contribution in [-0.2, 0) is 0 Å². The Kier molecular flexibility index (Phi) is 1.71. The van der Waals surface area contributed by atoms with Crippen LogP contribution in [0.3, 0.4) is 0 Å². The lowest BCUT2D eigenvalue weighted by molar-refractivity contribution is 0.623. The van der Waals surface area contributed by atoms with Gasteiger partial charge in [0.25, 0.3) is 0 Å². The Balaban J connectivity index is 2.08. The van der Waals surface area contributed by atoms with E-state index in [-0.39, 0.29) is 5.82 Å². The van der Waals surface area contributed by atoms with Gasteiger partial charge >= 0.3 is 0 Å². The van der Waals surface area contributed by atoms with E-state index in [0.717, 1.165) is 6.42 Å². The molecule has 64 valence electrons. The first-order valence-corrected chi connectivity index (χ1v) is 4.13. The maximum atomic E-state index is 13.0. The minimum absolute atomic E-state index is 0.267. The standard InChI is InChI=1S/C9H11FN2/c1-6-4-9(6)12-8-2-3-11-5-7(8)10/h2-3,5-6,9H,4H2,1H3,(H,11,12). The second-order valence-electron chi connectivity index (χ2n) is 3.32. The van der Waals surface area contributed by atoms with E-state index in [1.165, 1.54) is 6.20 Å². The zero-order valence-electron chi connectivity index (χ0n) is 6.92. The average Bonchev–Trinajstić information content (AvgIpc) is 2.72. The van der Waals surface area contributed by atoms with Crippen LogP contribution in [0, 0.1) is 11.7 Å². The molecule has 1 aliphatic rings. The van der Waals surface area contributed by atoms with Crippen LogP contribution in [0.1, 0.15) is 13.3 Å². The van der Waals surface area contributed by atoms with E-state index in [2.05, 4.69) is 17.2 Å². The molecule has 1 fully saturated rings. The molecule has 0 amide bonds. The van der Waals surface area contributed by atoms with Crippen LogP contribution in [0.25, 0.3) is 0 Å². The SMILES string of the molecule is CC1CC1Nc1ccncc1F. The summed E-state index contributed by atoms with van der Waals surface area (Å²) in [5, 5.41) is 3.12. The number of hydrogen-bond acceptors (Lipinski definition) is 2. The van der Waals surface area contributed by atoms with Crippen LogP contribution >= 0.6 is 0 Å². The van der Waals surface area contributed by atoms with Gasteiger partial charge in [-0.3, -0.25) is 4.98 Å². The predicted molar refractivity (Wildman–Crippen MR) is 45.4 cm³/mol. The molecule has 2 nitrogen and oxygen atoms in total. The van der Waals surface area contributed by atoms with Gasteiger partial charge in [0.2, 0.25) is 0 Å². The van der Waals surface area contributed by atoms with E-state index >= 15 is 0 Å². The predicted octanol–water partition coefficient (Wildman–Crippen LogP) is 2.04. The quantitative estimate of drug-likeness (QED) is 0.727. The Labute approximate surface area is 70.8 Å². The first-order valence-electron chi connectivity index (χ1n) is 4.13. The summed E-state index contributed by atoms with van der Waals surface area (Å²) in [6, 6.07) is 2.13. The molecule has 2 atom stereocenters. The van der Waals surface area contributed by atoms with Gasteiger partial charge in [-0.15, -0.1) is 0 Å². The van der Waals surface area contributed by atoms with E-state index in [9.17, 15) is 4.39 Å². The molecular weight excluding hydrogens is 155 g/mol. The van der Waals surface area contributed by atoms with E-state index in [1.54, 1.807) is 12.3 Å². The third-order valence-corrected chi connectivity index (χ3v) is 2.22. The lowest BCUT2D eigenvalue weighted by atomic mass is 10.3. The molecule has 2 rings (SSSR count). The topological polar surface area (TPSA) is 24.9 Å². The van der Waals surface area contributed by atoms with Gasteiger partial charge in [-0.1, -0.05) is 6.92 Å². The fourth-order valence-electron chi connectivity index (χ4n) is 1.22. The monoisotopic (exact) mass is 166 g/mol. The van der Waals surface area contributed by atoms with Gasteiger partial charge in [-0.25, -0.2) is 4.39 Å². The maximum Gasteiger partial charge on any atom is 0.164 e. The van der Waals surface area contributed by atoms with Crippen molar-refractivity contribution in [3.63, 3.8) is 0 Å². The van der Waals surface area contributed by atoms with Crippen LogP contribution in [0.5, 0.6) is 0 Å². The van der Waals surface area contributed by atoms with E-state index in [4.69, 9.17) is 0 Å². The van der Waals surface area contributed by atoms with Crippen molar-refractivity contribution in [3.8, 4) is 0 Å². The van der Waals surface area contributed by atoms with Gasteiger partial charge < -0.3 is 5.32 Å². The van der Waals surface area contributed by atoms with Crippen molar-refractivity contribution in [2.45, 2.75) is 19.4 Å². The molecule has 0 saturated heterocycles. The summed E-state index contributed by atoms with van der Waals surface area (Å²) in [6.07, 6.45) is 3.97. The molecule has 0 aromatic carbocycles. The van der Waals surface area contributed by atoms with Crippen molar-refractivity contribution in [2.24, 2.45) is 5.92 Å². The summed E-state index contributed by atoms with van der Waals surface area (Å²) >= 11 is 0. The summed E-state index contributed by atoms with van der Waals surface area (Å²) in [4.78, 5) is 3.68. The fourth-order valence-corrected chi connectivity index (χ4v) is 1.22. The lowest BCUT2D eigenvalue weighted by Gasteiger charge is -2.04. The Bertz CT molecular complexity index is 288. The number of aromatic nitrogens is 1. The fraction of sp³-hybridized carbons (Fsp3) is 0.444. The summed E-state index contributed by atoms with van der Waals surface area (Å²) in [5.74, 6) is 0.411. The van der Waals surface area contributed by atoms with E-state index in [0.29, 0.717) is 17.6 Å². The van der Waals surface area contributed by atoms with Gasteiger partial charge in [0.05, 0.1) is 11.9 Å². The molecule has 3 heteroatoms. The minimum atomic E-state index is -0.267. The Hall–Kier alpha value is -1.12. The molecule has 12 heavy (non-hydrogen) atoms. The zero-order chi connectivity index (χ0) is 8.55. The highest BCUT2D eigenvalue weighted by molar-refractivity contribution is 5.45. The molecule has 0 spiro atoms. The van der Waals surface area contributed by atoms with Gasteiger partial charge in [0.15, 0.2) is 5.82 Å². The molecule has 0 aliphatic heterocycles. The van der Waals surface area contributed by atoms with Crippen molar-refractivity contribution in [1.82, 2.24) is 4.98 Å². The van der Waals surface area contributed by atoms with Crippen molar-refractivity contribution in [2.75, 3.05) is 5.32 Å². The highest BCUT2D eigenvalue weighted by Crippen LogP contribution is 2.32. The lowest BCUT2D eigenvalue weighted by Crippen LogP contribution is -2.05. The largest absolute Gasteiger partial charge is 0.380 e. The summed E-state index contributed by atoms with van der Waals surface area (Å²) in [7, 11) is 0. The Morgan fingerprint density at radius 3 is 3.00 bits per heavy atom. The molecule has 2 unspecified atom stereocenters. The Morgan fingerprint density at radius 1 is 1.67 bits per heavy atom. The number of anilines is 1. The molecular formula is C9H11FN2. The van der Waals surface area contributed by atoms with Gasteiger partial charge in [0, 0.05) is 12.2 Å². The summed E-state index contributed by atoms with van der Waals surface area (Å²) in [5.41, 5.74) is 0.569. The van der Waals surface area contributed by atoms with Gasteiger partial charge in [0.1, 0.15) is 0 Å². The van der Waals surface area contributed by atoms with Crippen molar-refractivity contribution >= 4 is 5.69 Å². The molecule has 1 heterocycles. The number of nitrogens with zero attached hydrogens (tertiary/aromatic N) is 1. The first-order chi connectivity index (χ1) is 5.77. The second kappa shape index (κ2) is 2.73. The van der Waals surface area contributed by atoms with Crippen LogP contribution in [-0.4, -0.2) is 11.0 Å². The number of halogens is 1. The van der Waals surface area contributed by atoms with Crippen molar-refractivity contribution in [3.05, 3.63) is 24.3 Å². The molecule has 1 aliphatic carbocycles. The smallest absolute Gasteiger partial charge is 0.164 e.